The minimum absolute atomic E-state index is 0.243. The van der Waals surface area contributed by atoms with Crippen LogP contribution in [-0.4, -0.2) is 61.4 Å². The van der Waals surface area contributed by atoms with Gasteiger partial charge >= 0.3 is 0 Å². The highest BCUT2D eigenvalue weighted by Crippen LogP contribution is 2.36. The Balaban J connectivity index is 1.60. The summed E-state index contributed by atoms with van der Waals surface area (Å²) >= 11 is 5.97. The SMILES string of the molecule is COc1cccc(C)c1-n1c(CS(=O)(=O)[C@@H](C)[C@@H](OC(C)C)c2ncc(Cl)cn2)nnc1-c1cnn2c1CCC2. The molecule has 212 valence electrons. The van der Waals surface area contributed by atoms with Crippen LogP contribution >= 0.6 is 11.6 Å². The van der Waals surface area contributed by atoms with E-state index in [9.17, 15) is 8.42 Å². The molecule has 0 radical (unpaired) electrons. The second-order valence-electron chi connectivity index (χ2n) is 10.1. The average Bonchev–Trinajstić information content (AvgIpc) is 3.63. The van der Waals surface area contributed by atoms with Crippen molar-refractivity contribution in [2.24, 2.45) is 0 Å². The van der Waals surface area contributed by atoms with Crippen molar-refractivity contribution in [1.29, 1.82) is 0 Å². The van der Waals surface area contributed by atoms with Gasteiger partial charge in [0.1, 0.15) is 17.6 Å². The number of sulfone groups is 1. The number of nitrogens with zero attached hydrogens (tertiary/aromatic N) is 7. The van der Waals surface area contributed by atoms with E-state index in [2.05, 4.69) is 25.3 Å². The molecule has 0 fully saturated rings. The summed E-state index contributed by atoms with van der Waals surface area (Å²) in [6, 6.07) is 5.66. The molecule has 0 amide bonds. The maximum Gasteiger partial charge on any atom is 0.172 e. The molecule has 1 aromatic carbocycles. The molecule has 0 bridgehead atoms. The van der Waals surface area contributed by atoms with Gasteiger partial charge in [-0.25, -0.2) is 18.4 Å². The Morgan fingerprint density at radius 3 is 2.55 bits per heavy atom. The lowest BCUT2D eigenvalue weighted by molar-refractivity contribution is 0.00143. The van der Waals surface area contributed by atoms with Crippen LogP contribution in [0.4, 0.5) is 0 Å². The zero-order valence-electron chi connectivity index (χ0n) is 23.1. The molecule has 0 saturated carbocycles. The number of halogens is 1. The lowest BCUT2D eigenvalue weighted by Crippen LogP contribution is -2.32. The van der Waals surface area contributed by atoms with Crippen LogP contribution in [0.2, 0.25) is 5.02 Å². The lowest BCUT2D eigenvalue weighted by atomic mass is 10.1. The van der Waals surface area contributed by atoms with Gasteiger partial charge in [-0.3, -0.25) is 9.25 Å². The molecule has 0 saturated heterocycles. The maximum absolute atomic E-state index is 14.0. The molecule has 0 unspecified atom stereocenters. The standard InChI is InChI=1S/C27H32ClN7O4S/c1-16(2)39-25(26-29-12-19(28)13-30-26)18(4)40(36,37)15-23-32-33-27(20-14-31-34-11-7-9-21(20)34)35(23)24-17(3)8-6-10-22(24)38-5/h6,8,10,12-14,16,18,25H,7,9,11,15H2,1-5H3/t18-,25+/m0/s1. The first-order valence-electron chi connectivity index (χ1n) is 13.1. The monoisotopic (exact) mass is 585 g/mol. The van der Waals surface area contributed by atoms with Gasteiger partial charge in [-0.1, -0.05) is 23.7 Å². The third-order valence-electron chi connectivity index (χ3n) is 6.98. The molecule has 40 heavy (non-hydrogen) atoms. The molecule has 0 N–H and O–H groups in total. The van der Waals surface area contributed by atoms with Crippen molar-refractivity contribution in [2.45, 2.75) is 70.3 Å². The van der Waals surface area contributed by atoms with Crippen LogP contribution in [0.25, 0.3) is 17.1 Å². The van der Waals surface area contributed by atoms with Gasteiger partial charge in [-0.05, 0) is 52.2 Å². The zero-order chi connectivity index (χ0) is 28.6. The largest absolute Gasteiger partial charge is 0.495 e. The van der Waals surface area contributed by atoms with Gasteiger partial charge in [0.25, 0.3) is 0 Å². The molecule has 0 aliphatic carbocycles. The summed E-state index contributed by atoms with van der Waals surface area (Å²) in [7, 11) is -2.29. The molecule has 5 rings (SSSR count). The van der Waals surface area contributed by atoms with Crippen molar-refractivity contribution >= 4 is 21.4 Å². The Morgan fingerprint density at radius 1 is 1.10 bits per heavy atom. The van der Waals surface area contributed by atoms with E-state index in [0.29, 0.717) is 22.3 Å². The molecule has 4 heterocycles. The number of benzene rings is 1. The second-order valence-corrected chi connectivity index (χ2v) is 12.9. The zero-order valence-corrected chi connectivity index (χ0v) is 24.6. The molecule has 2 atom stereocenters. The lowest BCUT2D eigenvalue weighted by Gasteiger charge is -2.25. The van der Waals surface area contributed by atoms with Crippen LogP contribution in [0, 0.1) is 6.92 Å². The van der Waals surface area contributed by atoms with Crippen LogP contribution < -0.4 is 4.74 Å². The topological polar surface area (TPSA) is 127 Å². The maximum atomic E-state index is 14.0. The van der Waals surface area contributed by atoms with Crippen LogP contribution in [0.3, 0.4) is 0 Å². The van der Waals surface area contributed by atoms with Gasteiger partial charge in [0.15, 0.2) is 27.3 Å². The van der Waals surface area contributed by atoms with E-state index >= 15 is 0 Å². The van der Waals surface area contributed by atoms with Gasteiger partial charge in [-0.2, -0.15) is 5.10 Å². The summed E-state index contributed by atoms with van der Waals surface area (Å²) in [4.78, 5) is 8.50. The van der Waals surface area contributed by atoms with Crippen LogP contribution in [0.1, 0.15) is 56.2 Å². The van der Waals surface area contributed by atoms with E-state index < -0.39 is 26.9 Å². The van der Waals surface area contributed by atoms with Crippen molar-refractivity contribution in [2.75, 3.05) is 7.11 Å². The molecule has 13 heteroatoms. The van der Waals surface area contributed by atoms with E-state index in [1.165, 1.54) is 12.4 Å². The Hall–Kier alpha value is -3.35. The molecule has 1 aliphatic rings. The predicted octanol–water partition coefficient (Wildman–Crippen LogP) is 4.31. The second kappa shape index (κ2) is 11.3. The highest BCUT2D eigenvalue weighted by atomic mass is 35.5. The number of hydrogen-bond donors (Lipinski definition) is 0. The van der Waals surface area contributed by atoms with Gasteiger partial charge in [0.2, 0.25) is 0 Å². The average molecular weight is 586 g/mol. The van der Waals surface area contributed by atoms with Crippen molar-refractivity contribution in [3.63, 3.8) is 0 Å². The number of hydrogen-bond acceptors (Lipinski definition) is 9. The summed E-state index contributed by atoms with van der Waals surface area (Å²) < 4.78 is 43.4. The minimum Gasteiger partial charge on any atom is -0.495 e. The van der Waals surface area contributed by atoms with Crippen molar-refractivity contribution in [3.8, 4) is 22.8 Å². The summed E-state index contributed by atoms with van der Waals surface area (Å²) in [5.41, 5.74) is 3.43. The van der Waals surface area contributed by atoms with Crippen molar-refractivity contribution in [3.05, 3.63) is 64.7 Å². The van der Waals surface area contributed by atoms with Gasteiger partial charge in [0, 0.05) is 24.6 Å². The Labute approximate surface area is 238 Å². The first-order valence-corrected chi connectivity index (χ1v) is 15.2. The number of aryl methyl sites for hydroxylation is 2. The predicted molar refractivity (Wildman–Crippen MR) is 150 cm³/mol. The smallest absolute Gasteiger partial charge is 0.172 e. The first-order chi connectivity index (χ1) is 19.1. The quantitative estimate of drug-likeness (QED) is 0.267. The van der Waals surface area contributed by atoms with Gasteiger partial charge in [-0.15, -0.1) is 10.2 Å². The summed E-state index contributed by atoms with van der Waals surface area (Å²) in [5.74, 6) is 1.20. The molecule has 11 nitrogen and oxygen atoms in total. The Morgan fingerprint density at radius 2 is 1.85 bits per heavy atom. The third-order valence-corrected chi connectivity index (χ3v) is 9.22. The summed E-state index contributed by atoms with van der Waals surface area (Å²) in [6.45, 7) is 8.04. The number of rotatable bonds is 10. The van der Waals surface area contributed by atoms with Crippen LogP contribution in [0.5, 0.6) is 5.75 Å². The van der Waals surface area contributed by atoms with Crippen LogP contribution in [0.15, 0.2) is 36.8 Å². The van der Waals surface area contributed by atoms with E-state index in [1.54, 1.807) is 24.8 Å². The van der Waals surface area contributed by atoms with E-state index in [4.69, 9.17) is 21.1 Å². The number of ether oxygens (including phenoxy) is 2. The minimum atomic E-state index is -3.87. The number of aromatic nitrogens is 7. The Kier molecular flexibility index (Phi) is 7.94. The molecule has 3 aromatic heterocycles. The molecule has 1 aliphatic heterocycles. The van der Waals surface area contributed by atoms with Gasteiger partial charge in [0.05, 0.1) is 40.9 Å². The highest BCUT2D eigenvalue weighted by Gasteiger charge is 2.36. The van der Waals surface area contributed by atoms with E-state index in [-0.39, 0.29) is 17.8 Å². The molecule has 4 aromatic rings. The molecule has 0 spiro atoms. The fraction of sp³-hybridized carbons (Fsp3) is 0.444. The highest BCUT2D eigenvalue weighted by molar-refractivity contribution is 7.91. The van der Waals surface area contributed by atoms with Crippen molar-refractivity contribution in [1.82, 2.24) is 34.5 Å². The number of fused-ring (bicyclic) bond motifs is 1. The summed E-state index contributed by atoms with van der Waals surface area (Å²) in [6.07, 6.45) is 5.29. The van der Waals surface area contributed by atoms with Crippen molar-refractivity contribution < 1.29 is 17.9 Å². The first kappa shape index (κ1) is 28.2. The fourth-order valence-corrected chi connectivity index (χ4v) is 6.47. The van der Waals surface area contributed by atoms with Crippen LogP contribution in [-0.2, 0) is 33.3 Å². The Bertz CT molecular complexity index is 1620. The number of para-hydroxylation sites is 1. The summed E-state index contributed by atoms with van der Waals surface area (Å²) in [5, 5.41) is 12.8. The third kappa shape index (κ3) is 5.35. The molecular formula is C27H32ClN7O4S. The normalized spacial score (nSPS) is 14.9. The van der Waals surface area contributed by atoms with E-state index in [1.807, 2.05) is 43.7 Å². The van der Waals surface area contributed by atoms with E-state index in [0.717, 1.165) is 36.2 Å². The molecular weight excluding hydrogens is 554 g/mol. The fourth-order valence-electron chi connectivity index (χ4n) is 5.00. The van der Waals surface area contributed by atoms with Gasteiger partial charge < -0.3 is 9.47 Å². The number of methoxy groups -OCH3 is 1.